The number of ether oxygens (including phenoxy) is 3. The molecule has 0 aliphatic carbocycles. The molecule has 0 bridgehead atoms. The van der Waals surface area contributed by atoms with Crippen LogP contribution in [0, 0.1) is 12.7 Å². The van der Waals surface area contributed by atoms with E-state index in [9.17, 15) is 14.0 Å². The fourth-order valence-electron chi connectivity index (χ4n) is 4.71. The Kier molecular flexibility index (Phi) is 5.38. The van der Waals surface area contributed by atoms with E-state index in [0.717, 1.165) is 11.3 Å². The Balaban J connectivity index is 1.38. The lowest BCUT2D eigenvalue weighted by atomic mass is 10.0. The van der Waals surface area contributed by atoms with Gasteiger partial charge in [0.25, 0.3) is 5.91 Å². The first-order valence-corrected chi connectivity index (χ1v) is 11.3. The largest absolute Gasteiger partial charge is 0.490 e. The minimum atomic E-state index is -0.541. The van der Waals surface area contributed by atoms with E-state index >= 15 is 0 Å². The molecule has 7 nitrogen and oxygen atoms in total. The number of fused-ring (bicyclic) bond motifs is 3. The molecule has 3 heterocycles. The van der Waals surface area contributed by atoms with Crippen LogP contribution in [0.4, 0.5) is 10.1 Å². The highest BCUT2D eigenvalue weighted by molar-refractivity contribution is 6.00. The predicted octanol–water partition coefficient (Wildman–Crippen LogP) is 3.86. The molecule has 3 aliphatic rings. The molecule has 2 amide bonds. The van der Waals surface area contributed by atoms with Gasteiger partial charge >= 0.3 is 0 Å². The summed E-state index contributed by atoms with van der Waals surface area (Å²) in [5.41, 5.74) is 2.36. The number of benzene rings is 2. The van der Waals surface area contributed by atoms with Gasteiger partial charge in [0.15, 0.2) is 11.6 Å². The molecule has 33 heavy (non-hydrogen) atoms. The van der Waals surface area contributed by atoms with Crippen LogP contribution in [-0.4, -0.2) is 48.1 Å². The van der Waals surface area contributed by atoms with Gasteiger partial charge in [0.2, 0.25) is 5.91 Å². The van der Waals surface area contributed by atoms with Crippen LogP contribution >= 0.6 is 0 Å². The van der Waals surface area contributed by atoms with Crippen LogP contribution in [0.2, 0.25) is 0 Å². The van der Waals surface area contributed by atoms with Crippen molar-refractivity contribution in [2.75, 3.05) is 18.5 Å². The van der Waals surface area contributed by atoms with E-state index in [0.29, 0.717) is 49.5 Å². The number of hydrogen-bond donors (Lipinski definition) is 1. The average Bonchev–Trinajstić information content (AvgIpc) is 3.12. The quantitative estimate of drug-likeness (QED) is 0.759. The summed E-state index contributed by atoms with van der Waals surface area (Å²) in [7, 11) is 0. The topological polar surface area (TPSA) is 77.1 Å². The molecular weight excluding hydrogens is 427 g/mol. The van der Waals surface area contributed by atoms with Gasteiger partial charge in [-0.15, -0.1) is 0 Å². The van der Waals surface area contributed by atoms with Crippen molar-refractivity contribution in [2.45, 2.75) is 58.3 Å². The highest BCUT2D eigenvalue weighted by Crippen LogP contribution is 2.40. The van der Waals surface area contributed by atoms with E-state index in [1.165, 1.54) is 0 Å². The van der Waals surface area contributed by atoms with Gasteiger partial charge in [-0.25, -0.2) is 4.39 Å². The summed E-state index contributed by atoms with van der Waals surface area (Å²) in [6.07, 6.45) is 1.24. The van der Waals surface area contributed by atoms with E-state index in [1.807, 2.05) is 18.2 Å². The maximum atomic E-state index is 14.9. The zero-order valence-electron chi connectivity index (χ0n) is 18.9. The summed E-state index contributed by atoms with van der Waals surface area (Å²) in [6, 6.07) is 7.05. The minimum Gasteiger partial charge on any atom is -0.490 e. The van der Waals surface area contributed by atoms with Crippen molar-refractivity contribution >= 4 is 17.5 Å². The lowest BCUT2D eigenvalue weighted by Crippen LogP contribution is -2.37. The molecule has 0 saturated carbocycles. The van der Waals surface area contributed by atoms with Crippen LogP contribution in [0.5, 0.6) is 17.2 Å². The van der Waals surface area contributed by atoms with Gasteiger partial charge in [-0.2, -0.15) is 0 Å². The van der Waals surface area contributed by atoms with Crippen LogP contribution in [0.15, 0.2) is 24.3 Å². The molecule has 2 aromatic rings. The third-order valence-electron chi connectivity index (χ3n) is 6.28. The molecule has 1 fully saturated rings. The molecule has 0 aromatic heterocycles. The number of halogens is 1. The van der Waals surface area contributed by atoms with E-state index in [-0.39, 0.29) is 41.4 Å². The molecule has 3 aliphatic heterocycles. The first kappa shape index (κ1) is 21.6. The Bertz CT molecular complexity index is 1130. The van der Waals surface area contributed by atoms with Crippen molar-refractivity contribution in [3.63, 3.8) is 0 Å². The Morgan fingerprint density at radius 1 is 1.21 bits per heavy atom. The molecule has 1 saturated heterocycles. The van der Waals surface area contributed by atoms with E-state index in [1.54, 1.807) is 31.7 Å². The first-order valence-electron chi connectivity index (χ1n) is 11.3. The SMILES string of the molecule is Cc1cc2c(c(OC(C)C)c1F)C(=O)N1C[C@@H](Oc3ccc4c(c3)NC(=O)CC4)C[C@@H]1CO2. The van der Waals surface area contributed by atoms with Gasteiger partial charge < -0.3 is 24.4 Å². The minimum absolute atomic E-state index is 0.00259. The first-order chi connectivity index (χ1) is 15.8. The molecule has 2 atom stereocenters. The van der Waals surface area contributed by atoms with Gasteiger partial charge in [-0.3, -0.25) is 9.59 Å². The average molecular weight is 454 g/mol. The number of hydrogen-bond acceptors (Lipinski definition) is 5. The molecule has 1 N–H and O–H groups in total. The fourth-order valence-corrected chi connectivity index (χ4v) is 4.71. The maximum Gasteiger partial charge on any atom is 0.262 e. The zero-order chi connectivity index (χ0) is 23.3. The van der Waals surface area contributed by atoms with Crippen molar-refractivity contribution in [1.82, 2.24) is 4.90 Å². The van der Waals surface area contributed by atoms with E-state index in [2.05, 4.69) is 5.32 Å². The van der Waals surface area contributed by atoms with Crippen LogP contribution in [-0.2, 0) is 11.2 Å². The third-order valence-corrected chi connectivity index (χ3v) is 6.28. The fraction of sp³-hybridized carbons (Fsp3) is 0.440. The third kappa shape index (κ3) is 3.98. The normalized spacial score (nSPS) is 21.5. The van der Waals surface area contributed by atoms with Crippen LogP contribution < -0.4 is 19.5 Å². The summed E-state index contributed by atoms with van der Waals surface area (Å²) in [5.74, 6) is 0.0779. The number of nitrogens with zero attached hydrogens (tertiary/aromatic N) is 1. The Labute approximate surface area is 191 Å². The molecule has 8 heteroatoms. The zero-order valence-corrected chi connectivity index (χ0v) is 18.9. The second-order valence-electron chi connectivity index (χ2n) is 9.14. The van der Waals surface area contributed by atoms with Crippen molar-refractivity contribution in [3.05, 3.63) is 46.8 Å². The highest BCUT2D eigenvalue weighted by atomic mass is 19.1. The van der Waals surface area contributed by atoms with E-state index in [4.69, 9.17) is 14.2 Å². The number of aryl methyl sites for hydroxylation is 2. The summed E-state index contributed by atoms with van der Waals surface area (Å²) in [5, 5.41) is 2.88. The number of amides is 2. The van der Waals surface area contributed by atoms with Crippen molar-refractivity contribution in [2.24, 2.45) is 0 Å². The summed E-state index contributed by atoms with van der Waals surface area (Å²) < 4.78 is 32.8. The maximum absolute atomic E-state index is 14.9. The molecule has 174 valence electrons. The van der Waals surface area contributed by atoms with E-state index < -0.39 is 5.82 Å². The molecule has 0 unspecified atom stereocenters. The lowest BCUT2D eigenvalue weighted by molar-refractivity contribution is -0.116. The number of carbonyl (C=O) groups excluding carboxylic acids is 2. The standard InChI is InChI=1S/C25H27FN2O5/c1-13(2)32-24-22-20(8-14(3)23(24)26)31-12-16-9-18(11-28(16)25(22)30)33-17-6-4-15-5-7-21(29)27-19(15)10-17/h4,6,8,10,13,16,18H,5,7,9,11-12H2,1-3H3,(H,27,29)/t16-,18+/m1/s1. The molecule has 2 aromatic carbocycles. The van der Waals surface area contributed by atoms with Crippen LogP contribution in [0.25, 0.3) is 0 Å². The smallest absolute Gasteiger partial charge is 0.262 e. The summed E-state index contributed by atoms with van der Waals surface area (Å²) in [4.78, 5) is 26.9. The Morgan fingerprint density at radius 2 is 2.03 bits per heavy atom. The van der Waals surface area contributed by atoms with Crippen molar-refractivity contribution in [1.29, 1.82) is 0 Å². The number of anilines is 1. The number of carbonyl (C=O) groups is 2. The molecule has 5 rings (SSSR count). The van der Waals surface area contributed by atoms with Gasteiger partial charge in [0, 0.05) is 24.6 Å². The number of rotatable bonds is 4. The van der Waals surface area contributed by atoms with Crippen LogP contribution in [0.3, 0.4) is 0 Å². The van der Waals surface area contributed by atoms with Crippen molar-refractivity contribution < 1.29 is 28.2 Å². The highest BCUT2D eigenvalue weighted by Gasteiger charge is 2.42. The second kappa shape index (κ2) is 8.24. The number of nitrogens with one attached hydrogen (secondary N) is 1. The molecule has 0 radical (unpaired) electrons. The predicted molar refractivity (Wildman–Crippen MR) is 120 cm³/mol. The van der Waals surface area contributed by atoms with Gasteiger partial charge in [-0.1, -0.05) is 6.07 Å². The van der Waals surface area contributed by atoms with Crippen LogP contribution in [0.1, 0.15) is 48.2 Å². The monoisotopic (exact) mass is 454 g/mol. The van der Waals surface area contributed by atoms with Gasteiger partial charge in [0.1, 0.15) is 29.8 Å². The second-order valence-corrected chi connectivity index (χ2v) is 9.14. The molecular formula is C25H27FN2O5. The van der Waals surface area contributed by atoms with Crippen molar-refractivity contribution in [3.8, 4) is 17.2 Å². The van der Waals surface area contributed by atoms with Gasteiger partial charge in [0.05, 0.1) is 18.7 Å². The molecule has 0 spiro atoms. The van der Waals surface area contributed by atoms with Gasteiger partial charge in [-0.05, 0) is 50.5 Å². The summed E-state index contributed by atoms with van der Waals surface area (Å²) >= 11 is 0. The Hall–Kier alpha value is -3.29. The lowest BCUT2D eigenvalue weighted by Gasteiger charge is -2.22. The summed E-state index contributed by atoms with van der Waals surface area (Å²) in [6.45, 7) is 5.87. The Morgan fingerprint density at radius 3 is 2.82 bits per heavy atom.